The molecule has 1 aliphatic heterocycles. The third kappa shape index (κ3) is 5.12. The van der Waals surface area contributed by atoms with Gasteiger partial charge in [-0.15, -0.1) is 0 Å². The SMILES string of the molecule is CCOC(=O)[C@H]1[C@@H]2CCC(CCC#N)C[C@@H]2CCN1C(=O)OC(C)(C)C. The average molecular weight is 364 g/mol. The first kappa shape index (κ1) is 20.5. The van der Waals surface area contributed by atoms with Crippen molar-refractivity contribution in [3.8, 4) is 6.07 Å². The smallest absolute Gasteiger partial charge is 0.411 e. The summed E-state index contributed by atoms with van der Waals surface area (Å²) < 4.78 is 10.8. The summed E-state index contributed by atoms with van der Waals surface area (Å²) >= 11 is 0. The van der Waals surface area contributed by atoms with Gasteiger partial charge >= 0.3 is 12.1 Å². The number of carbonyl (C=O) groups excluding carboxylic acids is 2. The van der Waals surface area contributed by atoms with Crippen LogP contribution < -0.4 is 0 Å². The normalized spacial score (nSPS) is 28.7. The molecule has 6 heteroatoms. The zero-order valence-corrected chi connectivity index (χ0v) is 16.5. The summed E-state index contributed by atoms with van der Waals surface area (Å²) in [6, 6.07) is 1.68. The standard InChI is InChI=1S/C20H32N2O4/c1-5-25-18(23)17-16-9-8-14(7-6-11-21)13-15(16)10-12-22(17)19(24)26-20(2,3)4/h14-17H,5-10,12-13H2,1-4H3/t14?,15-,16+,17+/m0/s1. The molecule has 1 saturated heterocycles. The fourth-order valence-electron chi connectivity index (χ4n) is 4.39. The molecule has 1 heterocycles. The highest BCUT2D eigenvalue weighted by molar-refractivity contribution is 5.82. The number of esters is 1. The molecule has 0 aromatic carbocycles. The molecule has 1 saturated carbocycles. The largest absolute Gasteiger partial charge is 0.464 e. The summed E-state index contributed by atoms with van der Waals surface area (Å²) in [7, 11) is 0. The van der Waals surface area contributed by atoms with Crippen LogP contribution in [-0.4, -0.2) is 41.8 Å². The van der Waals surface area contributed by atoms with Crippen LogP contribution in [0.3, 0.4) is 0 Å². The van der Waals surface area contributed by atoms with E-state index >= 15 is 0 Å². The minimum absolute atomic E-state index is 0.119. The number of amides is 1. The van der Waals surface area contributed by atoms with Crippen molar-refractivity contribution >= 4 is 12.1 Å². The highest BCUT2D eigenvalue weighted by Gasteiger charge is 2.48. The summed E-state index contributed by atoms with van der Waals surface area (Å²) in [5.74, 6) is 0.754. The van der Waals surface area contributed by atoms with Gasteiger partial charge in [0.15, 0.2) is 0 Å². The second-order valence-corrected chi connectivity index (χ2v) is 8.46. The van der Waals surface area contributed by atoms with Gasteiger partial charge in [-0.05, 0) is 71.1 Å². The number of piperidine rings is 1. The number of likely N-dealkylation sites (tertiary alicyclic amines) is 1. The topological polar surface area (TPSA) is 79.6 Å². The first-order valence-corrected chi connectivity index (χ1v) is 9.80. The molecule has 1 aliphatic carbocycles. The predicted octanol–water partition coefficient (Wildman–Crippen LogP) is 3.90. The van der Waals surface area contributed by atoms with Gasteiger partial charge in [-0.3, -0.25) is 4.90 Å². The third-order valence-electron chi connectivity index (χ3n) is 5.45. The number of nitrogens with zero attached hydrogens (tertiary/aromatic N) is 2. The molecule has 6 nitrogen and oxygen atoms in total. The summed E-state index contributed by atoms with van der Waals surface area (Å²) in [6.45, 7) is 8.10. The van der Waals surface area contributed by atoms with E-state index in [4.69, 9.17) is 14.7 Å². The number of rotatable bonds is 4. The van der Waals surface area contributed by atoms with Crippen LogP contribution in [0, 0.1) is 29.1 Å². The van der Waals surface area contributed by atoms with Gasteiger partial charge in [0, 0.05) is 13.0 Å². The number of hydrogen-bond donors (Lipinski definition) is 0. The van der Waals surface area contributed by atoms with Gasteiger partial charge in [-0.25, -0.2) is 9.59 Å². The molecular formula is C20H32N2O4. The summed E-state index contributed by atoms with van der Waals surface area (Å²) in [6.07, 6.45) is 4.89. The fraction of sp³-hybridized carbons (Fsp3) is 0.850. The van der Waals surface area contributed by atoms with Gasteiger partial charge in [-0.1, -0.05) is 6.42 Å². The van der Waals surface area contributed by atoms with E-state index in [0.29, 0.717) is 31.4 Å². The van der Waals surface area contributed by atoms with Crippen molar-refractivity contribution in [3.05, 3.63) is 0 Å². The first-order chi connectivity index (χ1) is 12.3. The Hall–Kier alpha value is -1.77. The molecule has 0 bridgehead atoms. The van der Waals surface area contributed by atoms with Crippen molar-refractivity contribution in [2.75, 3.05) is 13.2 Å². The molecule has 0 aromatic rings. The zero-order chi connectivity index (χ0) is 19.3. The van der Waals surface area contributed by atoms with E-state index in [0.717, 1.165) is 32.1 Å². The molecule has 0 spiro atoms. The average Bonchev–Trinajstić information content (AvgIpc) is 2.57. The monoisotopic (exact) mass is 364 g/mol. The number of fused-ring (bicyclic) bond motifs is 1. The van der Waals surface area contributed by atoms with Crippen molar-refractivity contribution in [2.45, 2.75) is 77.9 Å². The lowest BCUT2D eigenvalue weighted by molar-refractivity contribution is -0.156. The molecule has 0 aromatic heterocycles. The van der Waals surface area contributed by atoms with Crippen LogP contribution in [0.5, 0.6) is 0 Å². The van der Waals surface area contributed by atoms with Gasteiger partial charge in [-0.2, -0.15) is 5.26 Å². The molecule has 0 N–H and O–H groups in total. The Morgan fingerprint density at radius 2 is 1.96 bits per heavy atom. The number of hydrogen-bond acceptors (Lipinski definition) is 5. The Balaban J connectivity index is 2.14. The van der Waals surface area contributed by atoms with Crippen LogP contribution in [0.4, 0.5) is 4.79 Å². The number of ether oxygens (including phenoxy) is 2. The third-order valence-corrected chi connectivity index (χ3v) is 5.45. The Labute approximate surface area is 156 Å². The van der Waals surface area contributed by atoms with Gasteiger partial charge in [0.1, 0.15) is 11.6 Å². The Kier molecular flexibility index (Phi) is 6.91. The Morgan fingerprint density at radius 1 is 1.23 bits per heavy atom. The second kappa shape index (κ2) is 8.75. The van der Waals surface area contributed by atoms with Gasteiger partial charge in [0.2, 0.25) is 0 Å². The first-order valence-electron chi connectivity index (χ1n) is 9.80. The van der Waals surface area contributed by atoms with Crippen LogP contribution in [-0.2, 0) is 14.3 Å². The molecular weight excluding hydrogens is 332 g/mol. The zero-order valence-electron chi connectivity index (χ0n) is 16.5. The van der Waals surface area contributed by atoms with E-state index in [9.17, 15) is 9.59 Å². The molecule has 2 rings (SSSR count). The molecule has 146 valence electrons. The van der Waals surface area contributed by atoms with Gasteiger partial charge in [0.05, 0.1) is 12.7 Å². The lowest BCUT2D eigenvalue weighted by Crippen LogP contribution is -2.57. The van der Waals surface area contributed by atoms with Crippen molar-refractivity contribution < 1.29 is 19.1 Å². The Morgan fingerprint density at radius 3 is 2.58 bits per heavy atom. The van der Waals surface area contributed by atoms with Gasteiger partial charge in [0.25, 0.3) is 0 Å². The predicted molar refractivity (Wildman–Crippen MR) is 97.1 cm³/mol. The van der Waals surface area contributed by atoms with E-state index in [-0.39, 0.29) is 11.9 Å². The van der Waals surface area contributed by atoms with Crippen molar-refractivity contribution in [1.29, 1.82) is 5.26 Å². The Bertz CT molecular complexity index is 549. The summed E-state index contributed by atoms with van der Waals surface area (Å²) in [4.78, 5) is 26.9. The van der Waals surface area contributed by atoms with Crippen molar-refractivity contribution in [2.24, 2.45) is 17.8 Å². The molecule has 26 heavy (non-hydrogen) atoms. The summed E-state index contributed by atoms with van der Waals surface area (Å²) in [5, 5.41) is 8.82. The molecule has 4 atom stereocenters. The minimum atomic E-state index is -0.595. The maximum Gasteiger partial charge on any atom is 0.411 e. The van der Waals surface area contributed by atoms with Crippen LogP contribution in [0.1, 0.15) is 66.2 Å². The highest BCUT2D eigenvalue weighted by atomic mass is 16.6. The van der Waals surface area contributed by atoms with E-state index in [1.807, 2.05) is 20.8 Å². The molecule has 0 radical (unpaired) electrons. The number of carbonyl (C=O) groups is 2. The van der Waals surface area contributed by atoms with Crippen LogP contribution in [0.25, 0.3) is 0 Å². The van der Waals surface area contributed by atoms with E-state index in [1.165, 1.54) is 0 Å². The molecule has 1 amide bonds. The minimum Gasteiger partial charge on any atom is -0.464 e. The van der Waals surface area contributed by atoms with Gasteiger partial charge < -0.3 is 9.47 Å². The highest BCUT2D eigenvalue weighted by Crippen LogP contribution is 2.44. The van der Waals surface area contributed by atoms with E-state index in [1.54, 1.807) is 11.8 Å². The van der Waals surface area contributed by atoms with Crippen molar-refractivity contribution in [1.82, 2.24) is 4.90 Å². The van der Waals surface area contributed by atoms with Crippen LogP contribution in [0.2, 0.25) is 0 Å². The van der Waals surface area contributed by atoms with Crippen molar-refractivity contribution in [3.63, 3.8) is 0 Å². The maximum atomic E-state index is 12.7. The fourth-order valence-corrected chi connectivity index (χ4v) is 4.39. The second-order valence-electron chi connectivity index (χ2n) is 8.46. The lowest BCUT2D eigenvalue weighted by Gasteiger charge is -2.47. The maximum absolute atomic E-state index is 12.7. The summed E-state index contributed by atoms with van der Waals surface area (Å²) in [5.41, 5.74) is -0.595. The molecule has 2 fully saturated rings. The lowest BCUT2D eigenvalue weighted by atomic mass is 9.66. The number of nitriles is 1. The van der Waals surface area contributed by atoms with Crippen LogP contribution >= 0.6 is 0 Å². The molecule has 2 aliphatic rings. The van der Waals surface area contributed by atoms with Crippen LogP contribution in [0.15, 0.2) is 0 Å². The van der Waals surface area contributed by atoms with E-state index in [2.05, 4.69) is 6.07 Å². The van der Waals surface area contributed by atoms with E-state index < -0.39 is 17.7 Å². The quantitative estimate of drug-likeness (QED) is 0.707. The molecule has 1 unspecified atom stereocenters.